The highest BCUT2D eigenvalue weighted by Crippen LogP contribution is 2.11. The van der Waals surface area contributed by atoms with Crippen LogP contribution in [-0.4, -0.2) is 7.11 Å². The van der Waals surface area contributed by atoms with Crippen molar-refractivity contribution in [1.82, 2.24) is 0 Å². The van der Waals surface area contributed by atoms with Crippen LogP contribution < -0.4 is 0 Å². The van der Waals surface area contributed by atoms with E-state index in [0.29, 0.717) is 5.76 Å². The lowest BCUT2D eigenvalue weighted by Gasteiger charge is -2.05. The van der Waals surface area contributed by atoms with Gasteiger partial charge in [0.2, 0.25) is 0 Å². The molecular weight excluding hydrogens is 284 g/mol. The number of aryl methyl sites for hydroxylation is 2. The molecule has 0 N–H and O–H groups in total. The van der Waals surface area contributed by atoms with Crippen LogP contribution in [0.15, 0.2) is 60.4 Å². The molecule has 0 saturated heterocycles. The number of benzene rings is 1. The van der Waals surface area contributed by atoms with E-state index in [1.807, 2.05) is 53.7 Å². The van der Waals surface area contributed by atoms with E-state index in [1.54, 1.807) is 6.08 Å². The number of rotatable bonds is 4. The third-order valence-corrected chi connectivity index (χ3v) is 2.42. The molecule has 0 aliphatic carbocycles. The maximum Gasteiger partial charge on any atom is 0.167 e. The molecule has 0 aromatic heterocycles. The topological polar surface area (TPSA) is 18.5 Å². The third kappa shape index (κ3) is 14.9. The Kier molecular flexibility index (Phi) is 22.9. The van der Waals surface area contributed by atoms with Gasteiger partial charge in [0.1, 0.15) is 0 Å². The average Bonchev–Trinajstić information content (AvgIpc) is 2.59. The van der Waals surface area contributed by atoms with Gasteiger partial charge in [0.05, 0.1) is 7.11 Å². The second kappa shape index (κ2) is 20.2. The molecule has 0 heterocycles. The summed E-state index contributed by atoms with van der Waals surface area (Å²) >= 11 is 0. The molecule has 0 radical (unpaired) electrons. The molecule has 0 amide bonds. The summed E-state index contributed by atoms with van der Waals surface area (Å²) < 4.78 is 0. The fourth-order valence-corrected chi connectivity index (χ4v) is 1.52. The summed E-state index contributed by atoms with van der Waals surface area (Å²) in [6.45, 7) is 19.6. The van der Waals surface area contributed by atoms with Gasteiger partial charge in [-0.05, 0) is 33.8 Å². The lowest BCUT2D eigenvalue weighted by Crippen LogP contribution is -1.92. The molecule has 0 aliphatic heterocycles. The van der Waals surface area contributed by atoms with Crippen LogP contribution in [-0.2, 0) is 9.78 Å². The van der Waals surface area contributed by atoms with E-state index in [0.717, 1.165) is 5.57 Å². The molecule has 1 aromatic carbocycles. The van der Waals surface area contributed by atoms with Gasteiger partial charge in [0.15, 0.2) is 5.76 Å². The minimum Gasteiger partial charge on any atom is -0.338 e. The average molecular weight is 321 g/mol. The van der Waals surface area contributed by atoms with E-state index in [-0.39, 0.29) is 0 Å². The van der Waals surface area contributed by atoms with Crippen LogP contribution in [0.2, 0.25) is 0 Å². The highest BCUT2D eigenvalue weighted by atomic mass is 17.2. The minimum absolute atomic E-state index is 0.685. The molecule has 0 spiro atoms. The van der Waals surface area contributed by atoms with Crippen LogP contribution in [0, 0.1) is 13.8 Å². The molecule has 0 fully saturated rings. The van der Waals surface area contributed by atoms with Crippen LogP contribution in [0.3, 0.4) is 0 Å². The largest absolute Gasteiger partial charge is 0.338 e. The molecule has 23 heavy (non-hydrogen) atoms. The van der Waals surface area contributed by atoms with Gasteiger partial charge in [-0.15, -0.1) is 0 Å². The van der Waals surface area contributed by atoms with Crippen molar-refractivity contribution in [2.75, 3.05) is 7.11 Å². The summed E-state index contributed by atoms with van der Waals surface area (Å²) in [5, 5.41) is 0. The number of hydrogen-bond donors (Lipinski definition) is 0. The monoisotopic (exact) mass is 320 g/mol. The van der Waals surface area contributed by atoms with E-state index in [4.69, 9.17) is 4.89 Å². The zero-order valence-electron chi connectivity index (χ0n) is 16.6. The van der Waals surface area contributed by atoms with Crippen LogP contribution in [0.1, 0.15) is 52.7 Å². The maximum absolute atomic E-state index is 4.86. The molecule has 2 nitrogen and oxygen atoms in total. The van der Waals surface area contributed by atoms with Crippen LogP contribution >= 0.6 is 0 Å². The van der Waals surface area contributed by atoms with Crippen molar-refractivity contribution in [2.45, 2.75) is 55.4 Å². The van der Waals surface area contributed by atoms with Gasteiger partial charge in [-0.3, -0.25) is 0 Å². The van der Waals surface area contributed by atoms with Crippen molar-refractivity contribution in [1.29, 1.82) is 0 Å². The smallest absolute Gasteiger partial charge is 0.167 e. The van der Waals surface area contributed by atoms with Gasteiger partial charge in [-0.2, -0.15) is 4.89 Å². The molecule has 2 heteroatoms. The van der Waals surface area contributed by atoms with Crippen LogP contribution in [0.25, 0.3) is 0 Å². The standard InChI is InChI=1S/C9H14O2.C8H10.2C2H6/c1-5-8(6-2)9(7-3)11-10-4;1-7-4-3-5-8(2)6-7;2*1-2/h5-7H,1H2,2-4H3;3-6H,1-2H3;2*1-2H3/b8-6-,9-7+;;;. The number of allylic oxidation sites excluding steroid dienone is 3. The Morgan fingerprint density at radius 1 is 0.957 bits per heavy atom. The van der Waals surface area contributed by atoms with Crippen LogP contribution in [0.4, 0.5) is 0 Å². The summed E-state index contributed by atoms with van der Waals surface area (Å²) in [7, 11) is 1.47. The predicted octanol–water partition coefficient (Wildman–Crippen LogP) is 6.96. The Labute approximate surface area is 144 Å². The zero-order chi connectivity index (χ0) is 18.7. The lowest BCUT2D eigenvalue weighted by molar-refractivity contribution is -0.234. The van der Waals surface area contributed by atoms with Gasteiger partial charge in [0, 0.05) is 5.57 Å². The van der Waals surface area contributed by atoms with E-state index < -0.39 is 0 Å². The molecular formula is C21H36O2. The quantitative estimate of drug-likeness (QED) is 0.258. The molecule has 1 rings (SSSR count). The van der Waals surface area contributed by atoms with Crippen LogP contribution in [0.5, 0.6) is 0 Å². The van der Waals surface area contributed by atoms with Gasteiger partial charge in [-0.1, -0.05) is 81.8 Å². The summed E-state index contributed by atoms with van der Waals surface area (Å²) in [4.78, 5) is 9.38. The molecule has 1 aromatic rings. The first-order valence-corrected chi connectivity index (χ1v) is 8.28. The molecule has 0 atom stereocenters. The second-order valence-electron chi connectivity index (χ2n) is 4.01. The Balaban J connectivity index is -0.000000292. The van der Waals surface area contributed by atoms with E-state index in [1.165, 1.54) is 18.2 Å². The number of hydrogen-bond acceptors (Lipinski definition) is 2. The fraction of sp³-hybridized carbons (Fsp3) is 0.429. The van der Waals surface area contributed by atoms with Crippen molar-refractivity contribution < 1.29 is 9.78 Å². The first kappa shape index (κ1) is 26.1. The van der Waals surface area contributed by atoms with Crippen molar-refractivity contribution in [3.8, 4) is 0 Å². The zero-order valence-corrected chi connectivity index (χ0v) is 16.6. The van der Waals surface area contributed by atoms with Crippen molar-refractivity contribution in [2.24, 2.45) is 0 Å². The Morgan fingerprint density at radius 2 is 1.43 bits per heavy atom. The van der Waals surface area contributed by atoms with Crippen molar-refractivity contribution in [3.63, 3.8) is 0 Å². The molecule has 0 unspecified atom stereocenters. The van der Waals surface area contributed by atoms with E-state index in [9.17, 15) is 0 Å². The fourth-order valence-electron chi connectivity index (χ4n) is 1.52. The minimum atomic E-state index is 0.685. The van der Waals surface area contributed by atoms with Gasteiger partial charge < -0.3 is 4.89 Å². The lowest BCUT2D eigenvalue weighted by atomic mass is 10.2. The van der Waals surface area contributed by atoms with Gasteiger partial charge in [0.25, 0.3) is 0 Å². The Hall–Kier alpha value is -1.80. The van der Waals surface area contributed by atoms with E-state index in [2.05, 4.69) is 49.6 Å². The van der Waals surface area contributed by atoms with Gasteiger partial charge in [-0.25, -0.2) is 0 Å². The normalized spacial score (nSPS) is 9.96. The molecule has 0 bridgehead atoms. The summed E-state index contributed by atoms with van der Waals surface area (Å²) in [5.74, 6) is 0.685. The second-order valence-corrected chi connectivity index (χ2v) is 4.01. The summed E-state index contributed by atoms with van der Waals surface area (Å²) in [6, 6.07) is 8.45. The summed E-state index contributed by atoms with van der Waals surface area (Å²) in [6.07, 6.45) is 5.44. The predicted molar refractivity (Wildman–Crippen MR) is 104 cm³/mol. The summed E-state index contributed by atoms with van der Waals surface area (Å²) in [5.41, 5.74) is 3.60. The van der Waals surface area contributed by atoms with Crippen molar-refractivity contribution in [3.05, 3.63) is 71.5 Å². The van der Waals surface area contributed by atoms with Gasteiger partial charge >= 0.3 is 0 Å². The first-order chi connectivity index (χ1) is 11.1. The highest BCUT2D eigenvalue weighted by molar-refractivity contribution is 5.33. The third-order valence-electron chi connectivity index (χ3n) is 2.42. The van der Waals surface area contributed by atoms with Crippen molar-refractivity contribution >= 4 is 0 Å². The van der Waals surface area contributed by atoms with E-state index >= 15 is 0 Å². The highest BCUT2D eigenvalue weighted by Gasteiger charge is 1.99. The first-order valence-electron chi connectivity index (χ1n) is 8.28. The maximum atomic E-state index is 4.86. The molecule has 0 aliphatic rings. The molecule has 132 valence electrons. The Bertz CT molecular complexity index is 426. The Morgan fingerprint density at radius 3 is 1.65 bits per heavy atom. The molecule has 0 saturated carbocycles. The SMILES string of the molecule is C=CC(=C/C)/C(=C\C)OOC.CC.CC.Cc1cccc(C)c1.